The van der Waals surface area contributed by atoms with E-state index in [-0.39, 0.29) is 18.0 Å². The summed E-state index contributed by atoms with van der Waals surface area (Å²) in [7, 11) is 0. The molecule has 0 spiro atoms. The number of rotatable bonds is 7. The van der Waals surface area contributed by atoms with E-state index in [1.54, 1.807) is 10.7 Å². The molecule has 0 radical (unpaired) electrons. The van der Waals surface area contributed by atoms with E-state index in [4.69, 9.17) is 0 Å². The van der Waals surface area contributed by atoms with Gasteiger partial charge in [0.15, 0.2) is 0 Å². The van der Waals surface area contributed by atoms with Gasteiger partial charge in [-0.2, -0.15) is 5.10 Å². The van der Waals surface area contributed by atoms with Gasteiger partial charge in [0.05, 0.1) is 29.4 Å². The van der Waals surface area contributed by atoms with Crippen LogP contribution < -0.4 is 10.2 Å². The van der Waals surface area contributed by atoms with E-state index in [0.29, 0.717) is 16.6 Å². The molecule has 2 aliphatic rings. The molecule has 4 aromatic rings. The first-order valence-corrected chi connectivity index (χ1v) is 13.3. The lowest BCUT2D eigenvalue weighted by Crippen LogP contribution is -2.37. The zero-order chi connectivity index (χ0) is 26.1. The summed E-state index contributed by atoms with van der Waals surface area (Å²) in [4.78, 5) is 18.1. The number of nitrogens with zero attached hydrogens (tertiary/aromatic N) is 4. The number of halogens is 2. The maximum Gasteiger partial charge on any atom is 0.255 e. The zero-order valence-electron chi connectivity index (χ0n) is 21.2. The maximum absolute atomic E-state index is 14.6. The Hall–Kier alpha value is -3.78. The van der Waals surface area contributed by atoms with Crippen molar-refractivity contribution in [2.75, 3.05) is 31.1 Å². The Labute approximate surface area is 220 Å². The molecule has 8 heteroatoms. The number of carbonyl (C=O) groups is 1. The predicted octanol–water partition coefficient (Wildman–Crippen LogP) is 5.52. The number of carbonyl (C=O) groups excluding carboxylic acids is 1. The van der Waals surface area contributed by atoms with Gasteiger partial charge >= 0.3 is 0 Å². The third-order valence-corrected chi connectivity index (χ3v) is 7.80. The number of aromatic nitrogens is 2. The summed E-state index contributed by atoms with van der Waals surface area (Å²) >= 11 is 0. The van der Waals surface area contributed by atoms with E-state index in [9.17, 15) is 13.6 Å². The van der Waals surface area contributed by atoms with Crippen LogP contribution >= 0.6 is 0 Å². The SMILES string of the molecule is O=C(NC(CN1CCCC1)c1ccccc1)c1cnn2ccc(N3CCC[C@@H]3c3cc(F)ccc3F)cc12. The second-order valence-corrected chi connectivity index (χ2v) is 10.2. The molecule has 6 nitrogen and oxygen atoms in total. The van der Waals surface area contributed by atoms with Gasteiger partial charge in [0.25, 0.3) is 5.91 Å². The molecular weight excluding hydrogens is 484 g/mol. The van der Waals surface area contributed by atoms with Gasteiger partial charge in [-0.15, -0.1) is 0 Å². The Balaban J connectivity index is 1.28. The molecule has 0 saturated carbocycles. The average molecular weight is 516 g/mol. The lowest BCUT2D eigenvalue weighted by atomic mass is 10.0. The Morgan fingerprint density at radius 3 is 2.63 bits per heavy atom. The van der Waals surface area contributed by atoms with Gasteiger partial charge in [-0.25, -0.2) is 13.3 Å². The average Bonchev–Trinajstić information content (AvgIpc) is 3.71. The van der Waals surface area contributed by atoms with Gasteiger partial charge in [0.1, 0.15) is 11.6 Å². The molecule has 1 N–H and O–H groups in total. The fourth-order valence-corrected chi connectivity index (χ4v) is 5.87. The van der Waals surface area contributed by atoms with Crippen molar-refractivity contribution >= 4 is 17.1 Å². The van der Waals surface area contributed by atoms with E-state index >= 15 is 0 Å². The van der Waals surface area contributed by atoms with Crippen molar-refractivity contribution in [3.05, 3.63) is 101 Å². The molecule has 2 aliphatic heterocycles. The minimum Gasteiger partial charge on any atom is -0.364 e. The van der Waals surface area contributed by atoms with Crippen LogP contribution in [-0.2, 0) is 0 Å². The monoisotopic (exact) mass is 515 g/mol. The first kappa shape index (κ1) is 24.6. The summed E-state index contributed by atoms with van der Waals surface area (Å²) in [5, 5.41) is 7.66. The number of benzene rings is 2. The van der Waals surface area contributed by atoms with Crippen LogP contribution in [0.15, 0.2) is 73.1 Å². The highest BCUT2D eigenvalue weighted by atomic mass is 19.1. The number of anilines is 1. The van der Waals surface area contributed by atoms with Gasteiger partial charge in [-0.1, -0.05) is 30.3 Å². The summed E-state index contributed by atoms with van der Waals surface area (Å²) in [5.41, 5.74) is 3.46. The van der Waals surface area contributed by atoms with Crippen molar-refractivity contribution in [1.29, 1.82) is 0 Å². The smallest absolute Gasteiger partial charge is 0.255 e. The molecular formula is C30H31F2N5O. The van der Waals surface area contributed by atoms with Crippen molar-refractivity contribution in [2.24, 2.45) is 0 Å². The van der Waals surface area contributed by atoms with Gasteiger partial charge in [0.2, 0.25) is 0 Å². The predicted molar refractivity (Wildman–Crippen MR) is 143 cm³/mol. The molecule has 2 aromatic carbocycles. The van der Waals surface area contributed by atoms with Crippen LogP contribution in [0, 0.1) is 11.6 Å². The molecule has 196 valence electrons. The van der Waals surface area contributed by atoms with Gasteiger partial charge < -0.3 is 15.1 Å². The largest absolute Gasteiger partial charge is 0.364 e. The first-order chi connectivity index (χ1) is 18.6. The van der Waals surface area contributed by atoms with Crippen molar-refractivity contribution in [3.8, 4) is 0 Å². The Morgan fingerprint density at radius 1 is 1.00 bits per heavy atom. The van der Waals surface area contributed by atoms with Crippen LogP contribution in [0.25, 0.3) is 5.52 Å². The van der Waals surface area contributed by atoms with Crippen molar-refractivity contribution in [1.82, 2.24) is 19.8 Å². The lowest BCUT2D eigenvalue weighted by molar-refractivity contribution is 0.0929. The van der Waals surface area contributed by atoms with Crippen LogP contribution in [0.2, 0.25) is 0 Å². The molecule has 0 aliphatic carbocycles. The number of hydrogen-bond acceptors (Lipinski definition) is 4. The fourth-order valence-electron chi connectivity index (χ4n) is 5.87. The van der Waals surface area contributed by atoms with Crippen LogP contribution in [0.4, 0.5) is 14.5 Å². The van der Waals surface area contributed by atoms with E-state index in [0.717, 1.165) is 56.3 Å². The number of fused-ring (bicyclic) bond motifs is 1. The van der Waals surface area contributed by atoms with Crippen molar-refractivity contribution < 1.29 is 13.6 Å². The molecule has 1 amide bonds. The van der Waals surface area contributed by atoms with E-state index in [1.807, 2.05) is 48.7 Å². The van der Waals surface area contributed by atoms with E-state index in [2.05, 4.69) is 20.2 Å². The highest BCUT2D eigenvalue weighted by Gasteiger charge is 2.30. The molecule has 2 atom stereocenters. The van der Waals surface area contributed by atoms with Crippen LogP contribution in [0.3, 0.4) is 0 Å². The first-order valence-electron chi connectivity index (χ1n) is 13.3. The summed E-state index contributed by atoms with van der Waals surface area (Å²) in [6.45, 7) is 3.57. The third-order valence-electron chi connectivity index (χ3n) is 7.80. The van der Waals surface area contributed by atoms with Gasteiger partial charge in [-0.05, 0) is 74.7 Å². The molecule has 2 aromatic heterocycles. The van der Waals surface area contributed by atoms with E-state index in [1.165, 1.54) is 25.0 Å². The number of pyridine rings is 1. The highest BCUT2D eigenvalue weighted by molar-refractivity contribution is 6.01. The molecule has 2 saturated heterocycles. The summed E-state index contributed by atoms with van der Waals surface area (Å²) in [5.74, 6) is -1.03. The van der Waals surface area contributed by atoms with Gasteiger partial charge in [-0.3, -0.25) is 4.79 Å². The van der Waals surface area contributed by atoms with Gasteiger partial charge in [0, 0.05) is 30.5 Å². The van der Waals surface area contributed by atoms with Crippen LogP contribution in [0.5, 0.6) is 0 Å². The summed E-state index contributed by atoms with van der Waals surface area (Å²) < 4.78 is 30.3. The van der Waals surface area contributed by atoms with Crippen LogP contribution in [-0.4, -0.2) is 46.6 Å². The third kappa shape index (κ3) is 4.88. The lowest BCUT2D eigenvalue weighted by Gasteiger charge is -2.27. The quantitative estimate of drug-likeness (QED) is 0.352. The second kappa shape index (κ2) is 10.5. The maximum atomic E-state index is 14.6. The number of nitrogens with one attached hydrogen (secondary N) is 1. The fraction of sp³-hybridized carbons (Fsp3) is 0.333. The number of amides is 1. The molecule has 4 heterocycles. The van der Waals surface area contributed by atoms with Crippen molar-refractivity contribution in [2.45, 2.75) is 37.8 Å². The minimum absolute atomic E-state index is 0.140. The zero-order valence-corrected chi connectivity index (χ0v) is 21.2. The normalized spacial score (nSPS) is 18.8. The number of hydrogen-bond donors (Lipinski definition) is 1. The Kier molecular flexibility index (Phi) is 6.81. The van der Waals surface area contributed by atoms with Crippen LogP contribution in [0.1, 0.15) is 59.3 Å². The van der Waals surface area contributed by atoms with Crippen molar-refractivity contribution in [3.63, 3.8) is 0 Å². The topological polar surface area (TPSA) is 52.9 Å². The summed E-state index contributed by atoms with van der Waals surface area (Å²) in [6.07, 6.45) is 7.38. The molecule has 38 heavy (non-hydrogen) atoms. The molecule has 1 unspecified atom stereocenters. The molecule has 6 rings (SSSR count). The number of likely N-dealkylation sites (tertiary alicyclic amines) is 1. The highest BCUT2D eigenvalue weighted by Crippen LogP contribution is 2.38. The molecule has 2 fully saturated rings. The van der Waals surface area contributed by atoms with E-state index < -0.39 is 11.6 Å². The Bertz CT molecular complexity index is 1430. The standard InChI is InChI=1S/C30H31F2N5O/c31-22-10-11-26(32)24(17-22)28-9-6-15-36(28)23-12-16-37-29(18-23)25(19-33-37)30(38)34-27(20-35-13-4-5-14-35)21-7-2-1-3-8-21/h1-3,7-8,10-12,16-19,27-28H,4-6,9,13-15,20H2,(H,34,38)/t27?,28-/m1/s1. The summed E-state index contributed by atoms with van der Waals surface area (Å²) in [6, 6.07) is 17.1. The molecule has 0 bridgehead atoms. The second-order valence-electron chi connectivity index (χ2n) is 10.2. The minimum atomic E-state index is -0.444. The Morgan fingerprint density at radius 2 is 1.82 bits per heavy atom.